The summed E-state index contributed by atoms with van der Waals surface area (Å²) in [5, 5.41) is 0. The first-order chi connectivity index (χ1) is 12.0. The van der Waals surface area contributed by atoms with Gasteiger partial charge in [0.2, 0.25) is 0 Å². The van der Waals surface area contributed by atoms with Crippen LogP contribution in [0.5, 0.6) is 0 Å². The highest BCUT2D eigenvalue weighted by atomic mass is 16.5. The van der Waals surface area contributed by atoms with Crippen LogP contribution in [0.3, 0.4) is 0 Å². The molecule has 1 spiro atoms. The number of hydrogen-bond donors (Lipinski definition) is 0. The van der Waals surface area contributed by atoms with Crippen LogP contribution in [0.1, 0.15) is 49.0 Å². The largest absolute Gasteiger partial charge is 0.383 e. The molecular weight excluding hydrogens is 312 g/mol. The maximum absolute atomic E-state index is 12.9. The van der Waals surface area contributed by atoms with Gasteiger partial charge >= 0.3 is 0 Å². The fourth-order valence-corrected chi connectivity index (χ4v) is 4.68. The van der Waals surface area contributed by atoms with Crippen LogP contribution in [-0.2, 0) is 4.74 Å². The quantitative estimate of drug-likeness (QED) is 0.840. The number of carbonyl (C=O) groups excluding carboxylic acids is 1. The van der Waals surface area contributed by atoms with Crippen LogP contribution in [0.2, 0.25) is 0 Å². The summed E-state index contributed by atoms with van der Waals surface area (Å²) in [6.07, 6.45) is 3.41. The molecule has 2 aliphatic heterocycles. The molecule has 0 aromatic heterocycles. The molecule has 2 fully saturated rings. The zero-order valence-electron chi connectivity index (χ0n) is 16.1. The number of amides is 1. The molecule has 2 heterocycles. The first kappa shape index (κ1) is 18.4. The number of hydrogen-bond acceptors (Lipinski definition) is 3. The number of carbonyl (C=O) groups is 1. The first-order valence-electron chi connectivity index (χ1n) is 9.55. The Balaban J connectivity index is 1.65. The summed E-state index contributed by atoms with van der Waals surface area (Å²) in [5.41, 5.74) is 2.28. The van der Waals surface area contributed by atoms with Gasteiger partial charge < -0.3 is 9.64 Å². The van der Waals surface area contributed by atoms with E-state index in [9.17, 15) is 4.79 Å². The van der Waals surface area contributed by atoms with Crippen molar-refractivity contribution >= 4 is 5.91 Å². The second-order valence-electron chi connectivity index (χ2n) is 8.19. The van der Waals surface area contributed by atoms with E-state index in [4.69, 9.17) is 4.74 Å². The monoisotopic (exact) mass is 344 g/mol. The van der Waals surface area contributed by atoms with Crippen LogP contribution >= 0.6 is 0 Å². The molecule has 3 rings (SSSR count). The maximum atomic E-state index is 12.9. The lowest BCUT2D eigenvalue weighted by atomic mass is 9.76. The lowest BCUT2D eigenvalue weighted by molar-refractivity contribution is 0.0581. The summed E-state index contributed by atoms with van der Waals surface area (Å²) < 4.78 is 5.46. The van der Waals surface area contributed by atoms with Crippen molar-refractivity contribution in [2.45, 2.75) is 52.1 Å². The SMILES string of the molecule is COCC1CC2(CCN(C(=O)c3ccccc3C)CC2)CN1C(C)C. The average Bonchev–Trinajstić information content (AvgIpc) is 2.94. The van der Waals surface area contributed by atoms with E-state index < -0.39 is 0 Å². The highest BCUT2D eigenvalue weighted by Crippen LogP contribution is 2.44. The van der Waals surface area contributed by atoms with Crippen molar-refractivity contribution in [3.63, 3.8) is 0 Å². The smallest absolute Gasteiger partial charge is 0.254 e. The van der Waals surface area contributed by atoms with Crippen molar-refractivity contribution in [3.05, 3.63) is 35.4 Å². The predicted molar refractivity (Wildman–Crippen MR) is 101 cm³/mol. The molecule has 1 atom stereocenters. The molecule has 1 unspecified atom stereocenters. The fraction of sp³-hybridized carbons (Fsp3) is 0.667. The maximum Gasteiger partial charge on any atom is 0.254 e. The van der Waals surface area contributed by atoms with Gasteiger partial charge in [0.25, 0.3) is 5.91 Å². The zero-order chi connectivity index (χ0) is 18.0. The molecule has 1 aromatic carbocycles. The molecule has 25 heavy (non-hydrogen) atoms. The predicted octanol–water partition coefficient (Wildman–Crippen LogP) is 3.35. The Kier molecular flexibility index (Phi) is 5.49. The lowest BCUT2D eigenvalue weighted by Gasteiger charge is -2.40. The van der Waals surface area contributed by atoms with Gasteiger partial charge in [0, 0.05) is 44.4 Å². The van der Waals surface area contributed by atoms with Crippen LogP contribution in [0.25, 0.3) is 0 Å². The van der Waals surface area contributed by atoms with E-state index in [-0.39, 0.29) is 5.91 Å². The van der Waals surface area contributed by atoms with Gasteiger partial charge in [-0.05, 0) is 57.1 Å². The van der Waals surface area contributed by atoms with Crippen LogP contribution < -0.4 is 0 Å². The highest BCUT2D eigenvalue weighted by molar-refractivity contribution is 5.95. The van der Waals surface area contributed by atoms with E-state index in [0.717, 1.165) is 50.2 Å². The van der Waals surface area contributed by atoms with E-state index in [0.29, 0.717) is 17.5 Å². The number of rotatable bonds is 4. The summed E-state index contributed by atoms with van der Waals surface area (Å²) in [5.74, 6) is 0.195. The summed E-state index contributed by atoms with van der Waals surface area (Å²) in [6.45, 7) is 10.3. The Hall–Kier alpha value is -1.39. The number of benzene rings is 1. The number of piperidine rings is 1. The van der Waals surface area contributed by atoms with Crippen LogP contribution in [0, 0.1) is 12.3 Å². The average molecular weight is 344 g/mol. The molecule has 1 amide bonds. The highest BCUT2D eigenvalue weighted by Gasteiger charge is 2.46. The molecule has 0 bridgehead atoms. The molecule has 138 valence electrons. The van der Waals surface area contributed by atoms with Crippen molar-refractivity contribution in [2.24, 2.45) is 5.41 Å². The van der Waals surface area contributed by atoms with Gasteiger partial charge in [0.15, 0.2) is 0 Å². The normalized spacial score (nSPS) is 23.6. The van der Waals surface area contributed by atoms with Crippen LogP contribution in [0.4, 0.5) is 0 Å². The van der Waals surface area contributed by atoms with Crippen molar-refractivity contribution in [1.29, 1.82) is 0 Å². The lowest BCUT2D eigenvalue weighted by Crippen LogP contribution is -2.45. The Morgan fingerprint density at radius 1 is 1.28 bits per heavy atom. The summed E-state index contributed by atoms with van der Waals surface area (Å²) in [4.78, 5) is 17.5. The van der Waals surface area contributed by atoms with Gasteiger partial charge in [-0.15, -0.1) is 0 Å². The third kappa shape index (κ3) is 3.75. The molecule has 0 aliphatic carbocycles. The first-order valence-corrected chi connectivity index (χ1v) is 9.55. The molecule has 0 radical (unpaired) electrons. The van der Waals surface area contributed by atoms with Crippen LogP contribution in [-0.4, -0.2) is 61.1 Å². The summed E-state index contributed by atoms with van der Waals surface area (Å²) >= 11 is 0. The standard InChI is InChI=1S/C21H32N2O2/c1-16(2)23-15-21(13-18(23)14-25-4)9-11-22(12-10-21)20(24)19-8-6-5-7-17(19)3/h5-8,16,18H,9-15H2,1-4H3. The molecular formula is C21H32N2O2. The minimum Gasteiger partial charge on any atom is -0.383 e. The van der Waals surface area contributed by atoms with Gasteiger partial charge in [-0.25, -0.2) is 0 Å². The third-order valence-corrected chi connectivity index (χ3v) is 6.16. The van der Waals surface area contributed by atoms with Crippen molar-refractivity contribution < 1.29 is 9.53 Å². The number of likely N-dealkylation sites (tertiary alicyclic amines) is 2. The minimum atomic E-state index is 0.195. The van der Waals surface area contributed by atoms with Gasteiger partial charge in [-0.2, -0.15) is 0 Å². The number of ether oxygens (including phenoxy) is 1. The Morgan fingerprint density at radius 3 is 2.56 bits per heavy atom. The Labute approximate surface area is 152 Å². The zero-order valence-corrected chi connectivity index (χ0v) is 16.1. The Bertz CT molecular complexity index is 606. The van der Waals surface area contributed by atoms with Gasteiger partial charge in [-0.3, -0.25) is 9.69 Å². The van der Waals surface area contributed by atoms with Crippen molar-refractivity contribution in [2.75, 3.05) is 33.4 Å². The number of aryl methyl sites for hydroxylation is 1. The van der Waals surface area contributed by atoms with E-state index in [1.54, 1.807) is 7.11 Å². The second kappa shape index (κ2) is 7.46. The molecule has 1 aromatic rings. The molecule has 4 nitrogen and oxygen atoms in total. The number of methoxy groups -OCH3 is 1. The van der Waals surface area contributed by atoms with E-state index in [1.165, 1.54) is 6.42 Å². The van der Waals surface area contributed by atoms with Gasteiger partial charge in [0.05, 0.1) is 6.61 Å². The fourth-order valence-electron chi connectivity index (χ4n) is 4.68. The summed E-state index contributed by atoms with van der Waals surface area (Å²) in [6, 6.07) is 8.98. The van der Waals surface area contributed by atoms with E-state index in [1.807, 2.05) is 31.2 Å². The molecule has 2 aliphatic rings. The van der Waals surface area contributed by atoms with Crippen LogP contribution in [0.15, 0.2) is 24.3 Å². The van der Waals surface area contributed by atoms with Gasteiger partial charge in [-0.1, -0.05) is 18.2 Å². The molecule has 4 heteroatoms. The summed E-state index contributed by atoms with van der Waals surface area (Å²) in [7, 11) is 1.80. The molecule has 2 saturated heterocycles. The Morgan fingerprint density at radius 2 is 1.96 bits per heavy atom. The topological polar surface area (TPSA) is 32.8 Å². The third-order valence-electron chi connectivity index (χ3n) is 6.16. The van der Waals surface area contributed by atoms with Crippen molar-refractivity contribution in [1.82, 2.24) is 9.80 Å². The second-order valence-corrected chi connectivity index (χ2v) is 8.19. The molecule has 0 saturated carbocycles. The van der Waals surface area contributed by atoms with Gasteiger partial charge in [0.1, 0.15) is 0 Å². The minimum absolute atomic E-state index is 0.195. The van der Waals surface area contributed by atoms with E-state index in [2.05, 4.69) is 23.6 Å². The molecule has 0 N–H and O–H groups in total. The van der Waals surface area contributed by atoms with Crippen molar-refractivity contribution in [3.8, 4) is 0 Å². The van der Waals surface area contributed by atoms with E-state index >= 15 is 0 Å². The number of nitrogens with zero attached hydrogens (tertiary/aromatic N) is 2.